The van der Waals surface area contributed by atoms with Crippen LogP contribution in [0.25, 0.3) is 0 Å². The maximum absolute atomic E-state index is 14.1. The van der Waals surface area contributed by atoms with Crippen molar-refractivity contribution >= 4 is 21.8 Å². The van der Waals surface area contributed by atoms with Gasteiger partial charge in [-0.15, -0.1) is 0 Å². The Labute approximate surface area is 288 Å². The first kappa shape index (κ1) is 39.7. The number of hydrogen-bond donors (Lipinski definition) is 5. The third kappa shape index (κ3) is 12.3. The highest BCUT2D eigenvalue weighted by Gasteiger charge is 2.26. The summed E-state index contributed by atoms with van der Waals surface area (Å²) >= 11 is 0. The molecule has 0 bridgehead atoms. The molecule has 0 radical (unpaired) electrons. The van der Waals surface area contributed by atoms with Gasteiger partial charge in [0.15, 0.2) is 0 Å². The van der Waals surface area contributed by atoms with Crippen molar-refractivity contribution in [1.82, 2.24) is 20.3 Å². The predicted molar refractivity (Wildman–Crippen MR) is 185 cm³/mol. The number of rotatable bonds is 20. The van der Waals surface area contributed by atoms with Crippen molar-refractivity contribution in [3.05, 3.63) is 100 Å². The molecule has 0 spiro atoms. The highest BCUT2D eigenvalue weighted by molar-refractivity contribution is 7.89. The van der Waals surface area contributed by atoms with E-state index in [0.717, 1.165) is 36.2 Å². The second-order valence-electron chi connectivity index (χ2n) is 11.9. The number of aryl methyl sites for hydroxylation is 1. The largest absolute Gasteiger partial charge is 0.395 e. The molecule has 0 heterocycles. The van der Waals surface area contributed by atoms with Gasteiger partial charge in [0, 0.05) is 43.4 Å². The summed E-state index contributed by atoms with van der Waals surface area (Å²) in [5.41, 5.74) is 2.26. The second-order valence-corrected chi connectivity index (χ2v) is 13.7. The van der Waals surface area contributed by atoms with Crippen molar-refractivity contribution in [3.63, 3.8) is 0 Å². The minimum absolute atomic E-state index is 0.0282. The van der Waals surface area contributed by atoms with Crippen molar-refractivity contribution in [2.45, 2.75) is 76.5 Å². The molecule has 0 aromatic heterocycles. The third-order valence-electron chi connectivity index (χ3n) is 7.91. The zero-order valence-electron chi connectivity index (χ0n) is 28.3. The van der Waals surface area contributed by atoms with Gasteiger partial charge >= 0.3 is 0 Å². The van der Waals surface area contributed by atoms with Crippen LogP contribution >= 0.6 is 0 Å². The zero-order valence-corrected chi connectivity index (χ0v) is 29.2. The molecule has 0 fully saturated rings. The van der Waals surface area contributed by atoms with Crippen molar-refractivity contribution < 1.29 is 37.0 Å². The molecule has 0 saturated carbocycles. The van der Waals surface area contributed by atoms with Crippen molar-refractivity contribution in [2.24, 2.45) is 0 Å². The Morgan fingerprint density at radius 1 is 0.857 bits per heavy atom. The lowest BCUT2D eigenvalue weighted by atomic mass is 9.98. The molecule has 10 nitrogen and oxygen atoms in total. The van der Waals surface area contributed by atoms with Crippen LogP contribution in [-0.2, 0) is 29.4 Å². The highest BCUT2D eigenvalue weighted by atomic mass is 32.2. The predicted octanol–water partition coefficient (Wildman–Crippen LogP) is 3.94. The van der Waals surface area contributed by atoms with Crippen LogP contribution in [0.2, 0.25) is 0 Å². The van der Waals surface area contributed by atoms with E-state index in [4.69, 9.17) is 0 Å². The van der Waals surface area contributed by atoms with E-state index in [2.05, 4.69) is 28.3 Å². The lowest BCUT2D eigenvalue weighted by Gasteiger charge is -2.25. The van der Waals surface area contributed by atoms with Crippen LogP contribution in [0, 0.1) is 11.6 Å². The van der Waals surface area contributed by atoms with Crippen LogP contribution in [0.3, 0.4) is 0 Å². The molecular weight excluding hydrogens is 654 g/mol. The maximum Gasteiger partial charge on any atom is 0.253 e. The Morgan fingerprint density at radius 2 is 1.51 bits per heavy atom. The van der Waals surface area contributed by atoms with Crippen LogP contribution < -0.4 is 15.4 Å². The van der Waals surface area contributed by atoms with Gasteiger partial charge in [-0.25, -0.2) is 21.9 Å². The van der Waals surface area contributed by atoms with Gasteiger partial charge in [-0.1, -0.05) is 45.0 Å². The van der Waals surface area contributed by atoms with E-state index >= 15 is 0 Å². The summed E-state index contributed by atoms with van der Waals surface area (Å²) in [6, 6.07) is 13.6. The Balaban J connectivity index is 1.91. The maximum atomic E-state index is 14.1. The highest BCUT2D eigenvalue weighted by Crippen LogP contribution is 2.20. The van der Waals surface area contributed by atoms with E-state index in [9.17, 15) is 37.0 Å². The van der Waals surface area contributed by atoms with E-state index in [1.807, 2.05) is 32.0 Å². The minimum atomic E-state index is -4.23. The van der Waals surface area contributed by atoms with Gasteiger partial charge in [0.05, 0.1) is 23.6 Å². The number of nitrogens with one attached hydrogen (secondary N) is 3. The van der Waals surface area contributed by atoms with E-state index in [1.165, 1.54) is 17.7 Å². The van der Waals surface area contributed by atoms with Crippen LogP contribution in [0.5, 0.6) is 0 Å². The van der Waals surface area contributed by atoms with E-state index < -0.39 is 52.2 Å². The number of carbonyl (C=O) groups excluding carboxylic acids is 2. The van der Waals surface area contributed by atoms with Crippen LogP contribution in [-0.4, -0.2) is 80.3 Å². The summed E-state index contributed by atoms with van der Waals surface area (Å²) in [5.74, 6) is -2.88. The van der Waals surface area contributed by atoms with Crippen molar-refractivity contribution in [3.8, 4) is 0 Å². The Hall–Kier alpha value is -3.75. The van der Waals surface area contributed by atoms with E-state index in [-0.39, 0.29) is 41.0 Å². The summed E-state index contributed by atoms with van der Waals surface area (Å²) in [7, 11) is -4.23. The molecule has 49 heavy (non-hydrogen) atoms. The first-order valence-electron chi connectivity index (χ1n) is 16.7. The molecule has 3 rings (SSSR count). The zero-order chi connectivity index (χ0) is 36.0. The Kier molecular flexibility index (Phi) is 15.7. The van der Waals surface area contributed by atoms with Gasteiger partial charge in [-0.2, -0.15) is 0 Å². The molecule has 5 N–H and O–H groups in total. The first-order chi connectivity index (χ1) is 23.4. The summed E-state index contributed by atoms with van der Waals surface area (Å²) < 4.78 is 56.6. The van der Waals surface area contributed by atoms with Crippen LogP contribution in [0.4, 0.5) is 8.78 Å². The van der Waals surface area contributed by atoms with Crippen molar-refractivity contribution in [2.75, 3.05) is 32.8 Å². The average molecular weight is 703 g/mol. The number of amides is 2. The number of aliphatic hydroxyl groups is 2. The molecule has 0 aliphatic rings. The number of halogens is 2. The normalized spacial score (nSPS) is 12.8. The first-order valence-corrected chi connectivity index (χ1v) is 18.2. The second kappa shape index (κ2) is 19.4. The van der Waals surface area contributed by atoms with Gasteiger partial charge in [0.25, 0.3) is 11.8 Å². The van der Waals surface area contributed by atoms with Crippen LogP contribution in [0.15, 0.2) is 65.6 Å². The summed E-state index contributed by atoms with van der Waals surface area (Å²) in [5, 5.41) is 26.4. The molecule has 3 aromatic carbocycles. The third-order valence-corrected chi connectivity index (χ3v) is 9.35. The smallest absolute Gasteiger partial charge is 0.253 e. The molecule has 0 aliphatic carbocycles. The fourth-order valence-electron chi connectivity index (χ4n) is 5.47. The number of carbonyl (C=O) groups is 2. The van der Waals surface area contributed by atoms with Gasteiger partial charge in [-0.3, -0.25) is 9.59 Å². The van der Waals surface area contributed by atoms with Crippen LogP contribution in [0.1, 0.15) is 77.4 Å². The van der Waals surface area contributed by atoms with E-state index in [0.29, 0.717) is 39.0 Å². The monoisotopic (exact) mass is 702 g/mol. The lowest BCUT2D eigenvalue weighted by molar-refractivity contribution is 0.0755. The minimum Gasteiger partial charge on any atom is -0.395 e. The van der Waals surface area contributed by atoms with Gasteiger partial charge in [-0.05, 0) is 85.7 Å². The molecule has 0 unspecified atom stereocenters. The van der Waals surface area contributed by atoms with Gasteiger partial charge in [0.1, 0.15) is 11.6 Å². The Morgan fingerprint density at radius 3 is 2.14 bits per heavy atom. The molecule has 2 amide bonds. The molecular formula is C36H48F2N4O6S. The summed E-state index contributed by atoms with van der Waals surface area (Å²) in [6.45, 7) is 6.87. The molecule has 268 valence electrons. The molecule has 0 aliphatic heterocycles. The molecule has 0 saturated heterocycles. The van der Waals surface area contributed by atoms with Crippen molar-refractivity contribution in [1.29, 1.82) is 0 Å². The number of hydrogen-bond acceptors (Lipinski definition) is 7. The quantitative estimate of drug-likeness (QED) is 0.112. The standard InChI is InChI=1S/C36H48F2N4O6S/c1-4-13-42(14-5-2)36(46)29-20-28(21-32(22-29)49(47,48)40-12-15-43)35(45)41-33(19-27-17-30(37)23-31(38)18-27)34(44)10-11-39-24-26-9-7-8-25(6-3)16-26/h7-9,16-18,20-23,33-34,39-40,43-44H,4-6,10-15,19,24H2,1-3H3,(H,41,45)/t33-,34+/m0/s1. The average Bonchev–Trinajstić information content (AvgIpc) is 3.07. The molecule has 2 atom stereocenters. The lowest BCUT2D eigenvalue weighted by Crippen LogP contribution is -2.46. The molecule has 3 aromatic rings. The van der Waals surface area contributed by atoms with E-state index in [1.54, 1.807) is 4.90 Å². The van der Waals surface area contributed by atoms with Gasteiger partial charge < -0.3 is 25.7 Å². The number of sulfonamides is 1. The topological polar surface area (TPSA) is 148 Å². The fourth-order valence-corrected chi connectivity index (χ4v) is 6.56. The number of nitrogens with zero attached hydrogens (tertiary/aromatic N) is 1. The summed E-state index contributed by atoms with van der Waals surface area (Å²) in [4.78, 5) is 28.5. The SMILES string of the molecule is CCCN(CCC)C(=O)c1cc(C(=O)N[C@@H](Cc2cc(F)cc(F)c2)[C@H](O)CCNCc2cccc(CC)c2)cc(S(=O)(=O)NCCO)c1. The fraction of sp³-hybridized carbons (Fsp3) is 0.444. The van der Waals surface area contributed by atoms with Gasteiger partial charge in [0.2, 0.25) is 10.0 Å². The summed E-state index contributed by atoms with van der Waals surface area (Å²) in [6.07, 6.45) is 1.08. The number of benzene rings is 3. The Bertz CT molecular complexity index is 1630. The number of aliphatic hydroxyl groups excluding tert-OH is 2. The molecule has 13 heteroatoms.